The monoisotopic (exact) mass is 253 g/mol. The van der Waals surface area contributed by atoms with Gasteiger partial charge in [-0.05, 0) is 28.9 Å². The molecule has 0 aliphatic rings. The number of H-pyrrole nitrogens is 1. The molecule has 0 radical (unpaired) electrons. The molecule has 0 spiro atoms. The van der Waals surface area contributed by atoms with Crippen molar-refractivity contribution in [2.45, 2.75) is 6.17 Å². The van der Waals surface area contributed by atoms with Crippen LogP contribution in [0.15, 0.2) is 47.8 Å². The largest absolute Gasteiger partial charge is 0.337 e. The summed E-state index contributed by atoms with van der Waals surface area (Å²) in [5.41, 5.74) is 8.61. The van der Waals surface area contributed by atoms with Crippen molar-refractivity contribution in [3.63, 3.8) is 0 Å². The molecule has 6 heteroatoms. The second-order valence-corrected chi connectivity index (χ2v) is 4.14. The average molecular weight is 253 g/mol. The van der Waals surface area contributed by atoms with E-state index in [0.29, 0.717) is 17.0 Å². The molecular weight excluding hydrogens is 242 g/mol. The number of nitroso groups, excluding NO2 is 1. The van der Waals surface area contributed by atoms with Crippen molar-refractivity contribution in [1.29, 1.82) is 0 Å². The lowest BCUT2D eigenvalue weighted by Gasteiger charge is -2.04. The number of aromatic nitrogens is 3. The van der Waals surface area contributed by atoms with Crippen LogP contribution in [0.1, 0.15) is 11.7 Å². The molecule has 1 unspecified atom stereocenters. The summed E-state index contributed by atoms with van der Waals surface area (Å²) < 4.78 is 0. The van der Waals surface area contributed by atoms with Gasteiger partial charge in [0.05, 0.1) is 5.52 Å². The van der Waals surface area contributed by atoms with Gasteiger partial charge in [-0.2, -0.15) is 0 Å². The van der Waals surface area contributed by atoms with E-state index in [1.165, 1.54) is 0 Å². The van der Waals surface area contributed by atoms with Gasteiger partial charge in [0.15, 0.2) is 11.8 Å². The number of hydrogen-bond donors (Lipinski definition) is 2. The number of aromatic amines is 1. The van der Waals surface area contributed by atoms with Crippen LogP contribution in [0.4, 0.5) is 0 Å². The summed E-state index contributed by atoms with van der Waals surface area (Å²) >= 11 is 0. The van der Waals surface area contributed by atoms with Crippen LogP contribution in [0.5, 0.6) is 0 Å². The van der Waals surface area contributed by atoms with Gasteiger partial charge in [-0.15, -0.1) is 4.91 Å². The van der Waals surface area contributed by atoms with Gasteiger partial charge < -0.3 is 10.7 Å². The standard InChI is InChI=1S/C13H11N5O/c14-11(18-19)8-3-1-4-9(7-8)12-16-10-5-2-6-15-13(10)17-12/h1-7,11H,14H2,(H,15,16,17). The lowest BCUT2D eigenvalue weighted by molar-refractivity contribution is 0.768. The lowest BCUT2D eigenvalue weighted by atomic mass is 10.1. The van der Waals surface area contributed by atoms with E-state index in [0.717, 1.165) is 11.1 Å². The number of nitrogens with one attached hydrogen (secondary N) is 1. The molecule has 3 N–H and O–H groups in total. The SMILES string of the molecule is NC(N=O)c1cccc(-c2nc3ncccc3[nH]2)c1. The van der Waals surface area contributed by atoms with Crippen molar-refractivity contribution in [1.82, 2.24) is 15.0 Å². The van der Waals surface area contributed by atoms with Crippen molar-refractivity contribution in [2.24, 2.45) is 10.9 Å². The fourth-order valence-electron chi connectivity index (χ4n) is 1.91. The molecule has 0 fully saturated rings. The Hall–Kier alpha value is -2.60. The zero-order valence-corrected chi connectivity index (χ0v) is 9.95. The Balaban J connectivity index is 2.08. The summed E-state index contributed by atoms with van der Waals surface area (Å²) in [6.07, 6.45) is 0.831. The normalized spacial score (nSPS) is 12.5. The first kappa shape index (κ1) is 11.5. The molecule has 0 aliphatic carbocycles. The molecule has 1 aromatic carbocycles. The zero-order valence-electron chi connectivity index (χ0n) is 9.95. The van der Waals surface area contributed by atoms with E-state index in [9.17, 15) is 4.91 Å². The van der Waals surface area contributed by atoms with E-state index in [2.05, 4.69) is 20.1 Å². The molecule has 0 aliphatic heterocycles. The van der Waals surface area contributed by atoms with Crippen molar-refractivity contribution < 1.29 is 0 Å². The first-order chi connectivity index (χ1) is 9.28. The minimum atomic E-state index is -0.859. The topological polar surface area (TPSA) is 97.0 Å². The molecule has 19 heavy (non-hydrogen) atoms. The number of nitrogens with two attached hydrogens (primary N) is 1. The third-order valence-electron chi connectivity index (χ3n) is 2.87. The first-order valence-corrected chi connectivity index (χ1v) is 5.77. The maximum atomic E-state index is 10.5. The Kier molecular flexibility index (Phi) is 2.77. The van der Waals surface area contributed by atoms with Gasteiger partial charge >= 0.3 is 0 Å². The van der Waals surface area contributed by atoms with Crippen LogP contribution in [0, 0.1) is 4.91 Å². The predicted molar refractivity (Wildman–Crippen MR) is 72.0 cm³/mol. The van der Waals surface area contributed by atoms with E-state index >= 15 is 0 Å². The van der Waals surface area contributed by atoms with Crippen LogP contribution in [0.25, 0.3) is 22.6 Å². The Labute approximate surface area is 108 Å². The fraction of sp³-hybridized carbons (Fsp3) is 0.0769. The smallest absolute Gasteiger partial charge is 0.178 e. The Morgan fingerprint density at radius 1 is 1.26 bits per heavy atom. The minimum Gasteiger partial charge on any atom is -0.337 e. The maximum Gasteiger partial charge on any atom is 0.178 e. The highest BCUT2D eigenvalue weighted by atomic mass is 16.3. The van der Waals surface area contributed by atoms with Gasteiger partial charge in [0.25, 0.3) is 0 Å². The second-order valence-electron chi connectivity index (χ2n) is 4.14. The van der Waals surface area contributed by atoms with Gasteiger partial charge in [0, 0.05) is 11.8 Å². The molecule has 3 aromatic rings. The van der Waals surface area contributed by atoms with Crippen LogP contribution in [0.2, 0.25) is 0 Å². The number of hydrogen-bond acceptors (Lipinski definition) is 5. The van der Waals surface area contributed by atoms with E-state index in [1.54, 1.807) is 18.3 Å². The van der Waals surface area contributed by atoms with Gasteiger partial charge in [0.2, 0.25) is 0 Å². The number of nitrogens with zero attached hydrogens (tertiary/aromatic N) is 3. The number of imidazole rings is 1. The molecule has 94 valence electrons. The molecule has 6 nitrogen and oxygen atoms in total. The molecule has 2 heterocycles. The van der Waals surface area contributed by atoms with Gasteiger partial charge in [-0.25, -0.2) is 9.97 Å². The molecular formula is C13H11N5O. The van der Waals surface area contributed by atoms with E-state index < -0.39 is 6.17 Å². The average Bonchev–Trinajstić information content (AvgIpc) is 2.90. The highest BCUT2D eigenvalue weighted by Gasteiger charge is 2.09. The lowest BCUT2D eigenvalue weighted by Crippen LogP contribution is -2.06. The Morgan fingerprint density at radius 3 is 2.95 bits per heavy atom. The minimum absolute atomic E-state index is 0.653. The second kappa shape index (κ2) is 4.58. The highest BCUT2D eigenvalue weighted by Crippen LogP contribution is 2.22. The first-order valence-electron chi connectivity index (χ1n) is 5.77. The summed E-state index contributed by atoms with van der Waals surface area (Å²) in [7, 11) is 0. The number of benzene rings is 1. The fourth-order valence-corrected chi connectivity index (χ4v) is 1.91. The molecule has 2 aromatic heterocycles. The quantitative estimate of drug-likeness (QED) is 0.700. The third-order valence-corrected chi connectivity index (χ3v) is 2.87. The molecule has 0 bridgehead atoms. The molecule has 1 atom stereocenters. The third kappa shape index (κ3) is 2.09. The van der Waals surface area contributed by atoms with Crippen molar-refractivity contribution in [3.05, 3.63) is 53.1 Å². The molecule has 3 rings (SSSR count). The summed E-state index contributed by atoms with van der Waals surface area (Å²) in [5, 5.41) is 2.82. The van der Waals surface area contributed by atoms with Crippen molar-refractivity contribution >= 4 is 11.2 Å². The molecule has 0 saturated carbocycles. The zero-order chi connectivity index (χ0) is 13.2. The summed E-state index contributed by atoms with van der Waals surface area (Å²) in [5.74, 6) is 0.689. The number of rotatable bonds is 3. The van der Waals surface area contributed by atoms with Crippen molar-refractivity contribution in [3.8, 4) is 11.4 Å². The number of fused-ring (bicyclic) bond motifs is 1. The van der Waals surface area contributed by atoms with Gasteiger partial charge in [0.1, 0.15) is 5.82 Å². The van der Waals surface area contributed by atoms with Crippen LogP contribution in [-0.2, 0) is 0 Å². The van der Waals surface area contributed by atoms with Crippen LogP contribution < -0.4 is 5.73 Å². The summed E-state index contributed by atoms with van der Waals surface area (Å²) in [6.45, 7) is 0. The highest BCUT2D eigenvalue weighted by molar-refractivity contribution is 5.75. The van der Waals surface area contributed by atoms with E-state index in [-0.39, 0.29) is 0 Å². The maximum absolute atomic E-state index is 10.5. The van der Waals surface area contributed by atoms with Gasteiger partial charge in [-0.3, -0.25) is 0 Å². The van der Waals surface area contributed by atoms with Crippen LogP contribution in [-0.4, -0.2) is 15.0 Å². The van der Waals surface area contributed by atoms with Crippen LogP contribution in [0.3, 0.4) is 0 Å². The Bertz CT molecular complexity index is 703. The summed E-state index contributed by atoms with van der Waals surface area (Å²) in [6, 6.07) is 11.0. The molecule has 0 amide bonds. The molecule has 0 saturated heterocycles. The van der Waals surface area contributed by atoms with Gasteiger partial charge in [-0.1, -0.05) is 18.2 Å². The van der Waals surface area contributed by atoms with Crippen LogP contribution >= 0.6 is 0 Å². The Morgan fingerprint density at radius 2 is 2.16 bits per heavy atom. The predicted octanol–water partition coefficient (Wildman–Crippen LogP) is 2.35. The van der Waals surface area contributed by atoms with E-state index in [4.69, 9.17) is 5.73 Å². The van der Waals surface area contributed by atoms with E-state index in [1.807, 2.05) is 24.3 Å². The van der Waals surface area contributed by atoms with Crippen molar-refractivity contribution in [2.75, 3.05) is 0 Å². The number of pyridine rings is 1. The summed E-state index contributed by atoms with van der Waals surface area (Å²) in [4.78, 5) is 22.2.